The molecule has 0 bridgehead atoms. The molecule has 0 fully saturated rings. The van der Waals surface area contributed by atoms with Crippen molar-refractivity contribution in [2.24, 2.45) is 5.10 Å². The third kappa shape index (κ3) is 6.01. The number of aryl methyl sites for hydroxylation is 2. The standard InChI is InChI=1S/C33H32ClN5O4S/c1-18-16-21(10-13-24(18)38(7)35-6)27-30(40)39(15-14-36-27)32-37-23-17-19(2)25(28(31(41)42)43-33(3,4)5)26(29(23)44-32)20-8-11-22(34)12-9-20/h8-17,28H,6H2,1-5,7H3,(H,41,42)/t28-/m0/s1. The van der Waals surface area contributed by atoms with E-state index in [0.717, 1.165) is 21.5 Å². The molecule has 0 spiro atoms. The molecule has 0 unspecified atom stereocenters. The lowest BCUT2D eigenvalue weighted by atomic mass is 9.91. The van der Waals surface area contributed by atoms with Gasteiger partial charge in [0.1, 0.15) is 5.69 Å². The van der Waals surface area contributed by atoms with Crippen LogP contribution in [0.5, 0.6) is 0 Å². The van der Waals surface area contributed by atoms with Gasteiger partial charge < -0.3 is 9.84 Å². The van der Waals surface area contributed by atoms with Crippen molar-refractivity contribution < 1.29 is 14.6 Å². The second kappa shape index (κ2) is 12.0. The zero-order chi connectivity index (χ0) is 31.9. The summed E-state index contributed by atoms with van der Waals surface area (Å²) in [6.45, 7) is 12.8. The zero-order valence-electron chi connectivity index (χ0n) is 25.3. The number of nitrogens with zero attached hydrogens (tertiary/aromatic N) is 5. The van der Waals surface area contributed by atoms with Crippen LogP contribution in [0.4, 0.5) is 5.69 Å². The van der Waals surface area contributed by atoms with Gasteiger partial charge in [0.15, 0.2) is 11.2 Å². The fourth-order valence-electron chi connectivity index (χ4n) is 5.13. The highest BCUT2D eigenvalue weighted by Gasteiger charge is 2.32. The Morgan fingerprint density at radius 2 is 1.80 bits per heavy atom. The molecule has 5 aromatic rings. The average Bonchev–Trinajstić information content (AvgIpc) is 3.38. The second-order valence-electron chi connectivity index (χ2n) is 11.4. The number of ether oxygens (including phenoxy) is 1. The fourth-order valence-corrected chi connectivity index (χ4v) is 6.37. The highest BCUT2D eigenvalue weighted by molar-refractivity contribution is 7.21. The van der Waals surface area contributed by atoms with Crippen molar-refractivity contribution in [3.05, 3.63) is 93.0 Å². The largest absolute Gasteiger partial charge is 0.479 e. The molecule has 0 aliphatic heterocycles. The minimum absolute atomic E-state index is 0.273. The van der Waals surface area contributed by atoms with Gasteiger partial charge in [-0.05, 0) is 81.6 Å². The first kappa shape index (κ1) is 31.1. The van der Waals surface area contributed by atoms with Crippen LogP contribution >= 0.6 is 22.9 Å². The van der Waals surface area contributed by atoms with E-state index in [1.165, 1.54) is 15.9 Å². The van der Waals surface area contributed by atoms with Crippen molar-refractivity contribution in [1.82, 2.24) is 14.5 Å². The lowest BCUT2D eigenvalue weighted by Crippen LogP contribution is -2.28. The average molecular weight is 630 g/mol. The molecule has 1 atom stereocenters. The molecule has 2 aromatic heterocycles. The summed E-state index contributed by atoms with van der Waals surface area (Å²) in [7, 11) is 1.80. The maximum Gasteiger partial charge on any atom is 0.337 e. The topological polar surface area (TPSA) is 110 Å². The second-order valence-corrected chi connectivity index (χ2v) is 12.8. The number of carboxylic acids is 1. The van der Waals surface area contributed by atoms with Gasteiger partial charge in [-0.25, -0.2) is 14.8 Å². The quantitative estimate of drug-likeness (QED) is 0.140. The molecule has 0 saturated heterocycles. The van der Waals surface area contributed by atoms with Gasteiger partial charge in [-0.15, -0.1) is 0 Å². The van der Waals surface area contributed by atoms with Crippen LogP contribution in [0.25, 0.3) is 37.7 Å². The molecule has 1 N–H and O–H groups in total. The van der Waals surface area contributed by atoms with Crippen LogP contribution in [-0.2, 0) is 9.53 Å². The van der Waals surface area contributed by atoms with Gasteiger partial charge >= 0.3 is 5.97 Å². The molecular weight excluding hydrogens is 598 g/mol. The number of hydrogen-bond acceptors (Lipinski definition) is 8. The normalized spacial score (nSPS) is 12.3. The Labute approximate surface area is 264 Å². The number of carbonyl (C=O) groups is 1. The Hall–Kier alpha value is -4.38. The minimum Gasteiger partial charge on any atom is -0.479 e. The van der Waals surface area contributed by atoms with Gasteiger partial charge in [-0.2, -0.15) is 5.10 Å². The maximum atomic E-state index is 13.8. The summed E-state index contributed by atoms with van der Waals surface area (Å²) in [5.74, 6) is -1.10. The molecule has 9 nitrogen and oxygen atoms in total. The number of thiazole rings is 1. The Balaban J connectivity index is 1.72. The Kier molecular flexibility index (Phi) is 8.44. The number of fused-ring (bicyclic) bond motifs is 1. The maximum absolute atomic E-state index is 13.8. The molecule has 0 radical (unpaired) electrons. The number of aromatic nitrogens is 3. The van der Waals surface area contributed by atoms with Crippen molar-refractivity contribution in [2.75, 3.05) is 12.1 Å². The van der Waals surface area contributed by atoms with E-state index in [2.05, 4.69) is 16.8 Å². The van der Waals surface area contributed by atoms with Gasteiger partial charge in [0.2, 0.25) is 0 Å². The summed E-state index contributed by atoms with van der Waals surface area (Å²) >= 11 is 7.51. The van der Waals surface area contributed by atoms with E-state index in [1.807, 2.05) is 71.0 Å². The number of hydrogen-bond donors (Lipinski definition) is 1. The smallest absolute Gasteiger partial charge is 0.337 e. The molecule has 0 aliphatic rings. The van der Waals surface area contributed by atoms with Gasteiger partial charge in [-0.1, -0.05) is 41.1 Å². The summed E-state index contributed by atoms with van der Waals surface area (Å²) in [6, 6.07) is 14.6. The van der Waals surface area contributed by atoms with E-state index >= 15 is 0 Å². The van der Waals surface area contributed by atoms with E-state index in [9.17, 15) is 14.7 Å². The van der Waals surface area contributed by atoms with Gasteiger partial charge in [0.25, 0.3) is 5.56 Å². The van der Waals surface area contributed by atoms with E-state index in [0.29, 0.717) is 37.9 Å². The molecule has 0 amide bonds. The van der Waals surface area contributed by atoms with Crippen LogP contribution in [-0.4, -0.2) is 45.0 Å². The molecule has 0 aliphatic carbocycles. The lowest BCUT2D eigenvalue weighted by molar-refractivity contribution is -0.160. The Bertz CT molecular complexity index is 1960. The van der Waals surface area contributed by atoms with Crippen LogP contribution in [0.2, 0.25) is 5.02 Å². The molecule has 2 heterocycles. The molecule has 11 heteroatoms. The predicted molar refractivity (Wildman–Crippen MR) is 178 cm³/mol. The molecular formula is C33H32ClN5O4S. The number of rotatable bonds is 8. The van der Waals surface area contributed by atoms with E-state index in [4.69, 9.17) is 21.3 Å². The van der Waals surface area contributed by atoms with Gasteiger partial charge in [-0.3, -0.25) is 14.4 Å². The molecule has 226 valence electrons. The summed E-state index contributed by atoms with van der Waals surface area (Å²) in [5, 5.41) is 16.9. The summed E-state index contributed by atoms with van der Waals surface area (Å²) in [4.78, 5) is 35.7. The first-order chi connectivity index (χ1) is 20.8. The van der Waals surface area contributed by atoms with Crippen molar-refractivity contribution >= 4 is 51.5 Å². The first-order valence-electron chi connectivity index (χ1n) is 13.8. The van der Waals surface area contributed by atoms with Crippen molar-refractivity contribution in [3.8, 4) is 27.5 Å². The number of carboxylic acid groups (broad SMARTS) is 1. The van der Waals surface area contributed by atoms with Gasteiger partial charge in [0.05, 0.1) is 21.5 Å². The van der Waals surface area contributed by atoms with Crippen molar-refractivity contribution in [2.45, 2.75) is 46.3 Å². The van der Waals surface area contributed by atoms with Crippen LogP contribution < -0.4 is 10.6 Å². The highest BCUT2D eigenvalue weighted by atomic mass is 35.5. The lowest BCUT2D eigenvalue weighted by Gasteiger charge is -2.28. The predicted octanol–water partition coefficient (Wildman–Crippen LogP) is 7.44. The van der Waals surface area contributed by atoms with Crippen molar-refractivity contribution in [1.29, 1.82) is 0 Å². The van der Waals surface area contributed by atoms with Gasteiger partial charge in [0, 0.05) is 47.9 Å². The molecule has 0 saturated carbocycles. The third-order valence-corrected chi connectivity index (χ3v) is 8.43. The molecule has 44 heavy (non-hydrogen) atoms. The Morgan fingerprint density at radius 3 is 2.41 bits per heavy atom. The first-order valence-corrected chi connectivity index (χ1v) is 15.0. The number of halogens is 1. The van der Waals surface area contributed by atoms with Crippen LogP contribution in [0.15, 0.2) is 70.8 Å². The number of benzene rings is 3. The van der Waals surface area contributed by atoms with Crippen molar-refractivity contribution in [3.63, 3.8) is 0 Å². The highest BCUT2D eigenvalue weighted by Crippen LogP contribution is 2.43. The Morgan fingerprint density at radius 1 is 1.11 bits per heavy atom. The molecule has 5 rings (SSSR count). The number of anilines is 1. The number of aliphatic carboxylic acids is 1. The van der Waals surface area contributed by atoms with Crippen LogP contribution in [0.1, 0.15) is 43.6 Å². The summed E-state index contributed by atoms with van der Waals surface area (Å²) in [6.07, 6.45) is 1.91. The zero-order valence-corrected chi connectivity index (χ0v) is 26.8. The van der Waals surface area contributed by atoms with E-state index in [-0.39, 0.29) is 11.3 Å². The van der Waals surface area contributed by atoms with Crippen LogP contribution in [0, 0.1) is 13.8 Å². The van der Waals surface area contributed by atoms with Crippen LogP contribution in [0.3, 0.4) is 0 Å². The summed E-state index contributed by atoms with van der Waals surface area (Å²) < 4.78 is 8.29. The number of hydrazone groups is 1. The molecule has 3 aromatic carbocycles. The van der Waals surface area contributed by atoms with E-state index in [1.54, 1.807) is 36.6 Å². The monoisotopic (exact) mass is 629 g/mol. The summed E-state index contributed by atoms with van der Waals surface area (Å²) in [5.41, 5.74) is 4.93. The fraction of sp³-hybridized carbons (Fsp3) is 0.242. The van der Waals surface area contributed by atoms with E-state index < -0.39 is 17.7 Å². The SMILES string of the molecule is C=NN(C)c1ccc(-c2nccn(-c3nc4cc(C)c([C@H](OC(C)(C)C)C(=O)O)c(-c5ccc(Cl)cc5)c4s3)c2=O)cc1C. The minimum atomic E-state index is -1.24. The third-order valence-electron chi connectivity index (χ3n) is 7.09.